The van der Waals surface area contributed by atoms with Gasteiger partial charge in [-0.25, -0.2) is 0 Å². The van der Waals surface area contributed by atoms with E-state index in [0.717, 1.165) is 48.3 Å². The molecule has 2 aromatic rings. The van der Waals surface area contributed by atoms with Gasteiger partial charge in [-0.1, -0.05) is 23.4 Å². The Hall–Kier alpha value is -2.63. The monoisotopic (exact) mass is 311 g/mol. The molecule has 0 radical (unpaired) electrons. The Bertz CT molecular complexity index is 796. The van der Waals surface area contributed by atoms with Gasteiger partial charge in [0.25, 0.3) is 5.91 Å². The molecule has 6 heteroatoms. The van der Waals surface area contributed by atoms with E-state index in [1.807, 2.05) is 24.3 Å². The fraction of sp³-hybridized carbons (Fsp3) is 0.353. The molecule has 0 spiro atoms. The van der Waals surface area contributed by atoms with Gasteiger partial charge in [-0.05, 0) is 30.9 Å². The van der Waals surface area contributed by atoms with Crippen LogP contribution in [0.4, 0.5) is 5.69 Å². The number of nitrogens with two attached hydrogens (primary N) is 1. The van der Waals surface area contributed by atoms with Crippen molar-refractivity contribution in [2.45, 2.75) is 38.1 Å². The van der Waals surface area contributed by atoms with Crippen LogP contribution in [0.25, 0.3) is 0 Å². The average Bonchev–Trinajstić information content (AvgIpc) is 3.16. The molecule has 1 atom stereocenters. The van der Waals surface area contributed by atoms with Crippen LogP contribution in [0.3, 0.4) is 0 Å². The maximum atomic E-state index is 13.1. The quantitative estimate of drug-likeness (QED) is 0.912. The van der Waals surface area contributed by atoms with E-state index in [4.69, 9.17) is 10.3 Å². The fourth-order valence-electron chi connectivity index (χ4n) is 3.53. The van der Waals surface area contributed by atoms with E-state index < -0.39 is 11.9 Å². The van der Waals surface area contributed by atoms with Crippen molar-refractivity contribution in [1.29, 1.82) is 0 Å². The second kappa shape index (κ2) is 5.22. The highest BCUT2D eigenvalue weighted by Crippen LogP contribution is 2.34. The van der Waals surface area contributed by atoms with Gasteiger partial charge in [0.05, 0.1) is 0 Å². The summed E-state index contributed by atoms with van der Waals surface area (Å²) in [4.78, 5) is 26.4. The van der Waals surface area contributed by atoms with Gasteiger partial charge >= 0.3 is 0 Å². The number of primary amides is 1. The van der Waals surface area contributed by atoms with Gasteiger partial charge in [0, 0.05) is 24.1 Å². The van der Waals surface area contributed by atoms with Gasteiger partial charge in [0.1, 0.15) is 11.8 Å². The lowest BCUT2D eigenvalue weighted by Crippen LogP contribution is -2.46. The molecule has 2 aliphatic rings. The second-order valence-corrected chi connectivity index (χ2v) is 6.07. The summed E-state index contributed by atoms with van der Waals surface area (Å²) in [6.07, 6.45) is 4.11. The molecule has 23 heavy (non-hydrogen) atoms. The molecule has 1 aromatic carbocycles. The van der Waals surface area contributed by atoms with Crippen LogP contribution in [0.1, 0.15) is 40.2 Å². The van der Waals surface area contributed by atoms with E-state index in [0.29, 0.717) is 12.1 Å². The Morgan fingerprint density at radius 3 is 2.83 bits per heavy atom. The van der Waals surface area contributed by atoms with Crippen molar-refractivity contribution in [3.63, 3.8) is 0 Å². The first-order chi connectivity index (χ1) is 11.2. The third kappa shape index (κ3) is 2.13. The van der Waals surface area contributed by atoms with E-state index >= 15 is 0 Å². The largest absolute Gasteiger partial charge is 0.368 e. The molecule has 1 aromatic heterocycles. The molecule has 0 unspecified atom stereocenters. The van der Waals surface area contributed by atoms with Crippen molar-refractivity contribution in [3.8, 4) is 0 Å². The first-order valence-corrected chi connectivity index (χ1v) is 7.85. The van der Waals surface area contributed by atoms with E-state index in [9.17, 15) is 9.59 Å². The molecule has 2 heterocycles. The number of nitrogens with zero attached hydrogens (tertiary/aromatic N) is 2. The fourth-order valence-corrected chi connectivity index (χ4v) is 3.53. The smallest absolute Gasteiger partial charge is 0.281 e. The number of fused-ring (bicyclic) bond motifs is 2. The molecule has 0 bridgehead atoms. The second-order valence-electron chi connectivity index (χ2n) is 6.07. The topological polar surface area (TPSA) is 89.4 Å². The molecule has 0 fully saturated rings. The number of aromatic nitrogens is 1. The third-order valence-electron chi connectivity index (χ3n) is 4.68. The molecule has 6 nitrogen and oxygen atoms in total. The van der Waals surface area contributed by atoms with E-state index in [1.54, 1.807) is 0 Å². The number of carbonyl (C=O) groups is 2. The van der Waals surface area contributed by atoms with Crippen LogP contribution >= 0.6 is 0 Å². The predicted molar refractivity (Wildman–Crippen MR) is 83.1 cm³/mol. The lowest BCUT2D eigenvalue weighted by atomic mass is 9.96. The van der Waals surface area contributed by atoms with Crippen LogP contribution in [0.2, 0.25) is 0 Å². The molecule has 118 valence electrons. The van der Waals surface area contributed by atoms with Gasteiger partial charge in [0.15, 0.2) is 5.69 Å². The van der Waals surface area contributed by atoms with Crippen molar-refractivity contribution in [2.24, 2.45) is 5.73 Å². The molecule has 0 saturated carbocycles. The molecule has 2 N–H and O–H groups in total. The van der Waals surface area contributed by atoms with Crippen LogP contribution in [0.15, 0.2) is 28.8 Å². The number of hydrogen-bond acceptors (Lipinski definition) is 4. The van der Waals surface area contributed by atoms with Crippen molar-refractivity contribution >= 4 is 17.5 Å². The Morgan fingerprint density at radius 1 is 1.22 bits per heavy atom. The maximum Gasteiger partial charge on any atom is 0.281 e. The van der Waals surface area contributed by atoms with Crippen molar-refractivity contribution in [2.75, 3.05) is 4.90 Å². The van der Waals surface area contributed by atoms with E-state index in [1.165, 1.54) is 4.90 Å². The van der Waals surface area contributed by atoms with Gasteiger partial charge in [-0.2, -0.15) is 0 Å². The molecule has 1 aliphatic heterocycles. The Morgan fingerprint density at radius 2 is 2.00 bits per heavy atom. The Balaban J connectivity index is 1.77. The maximum absolute atomic E-state index is 13.1. The minimum absolute atomic E-state index is 0.300. The summed E-state index contributed by atoms with van der Waals surface area (Å²) in [6.45, 7) is 0. The van der Waals surface area contributed by atoms with Crippen LogP contribution in [0, 0.1) is 0 Å². The lowest BCUT2D eigenvalue weighted by molar-refractivity contribution is -0.119. The van der Waals surface area contributed by atoms with Crippen molar-refractivity contribution < 1.29 is 14.1 Å². The number of rotatable bonds is 2. The summed E-state index contributed by atoms with van der Waals surface area (Å²) in [5.41, 5.74) is 8.40. The number of aryl methyl sites for hydroxylation is 1. The zero-order valence-corrected chi connectivity index (χ0v) is 12.6. The average molecular weight is 311 g/mol. The zero-order valence-electron chi connectivity index (χ0n) is 12.6. The zero-order chi connectivity index (χ0) is 16.0. The number of carbonyl (C=O) groups excluding carboxylic acids is 2. The lowest BCUT2D eigenvalue weighted by Gasteiger charge is -2.23. The minimum Gasteiger partial charge on any atom is -0.368 e. The summed E-state index contributed by atoms with van der Waals surface area (Å²) in [7, 11) is 0. The number of hydrogen-bond donors (Lipinski definition) is 1. The summed E-state index contributed by atoms with van der Waals surface area (Å²) in [6, 6.07) is 6.82. The SMILES string of the molecule is NC(=O)[C@@H]1Cc2ccccc2N1C(=O)c1noc2c1CCCC2. The highest BCUT2D eigenvalue weighted by atomic mass is 16.5. The van der Waals surface area contributed by atoms with Gasteiger partial charge < -0.3 is 10.3 Å². The standard InChI is InChI=1S/C17H17N3O3/c18-16(21)13-9-10-5-1-3-7-12(10)20(13)17(22)15-11-6-2-4-8-14(11)23-19-15/h1,3,5,7,13H,2,4,6,8-9H2,(H2,18,21)/t13-/m0/s1. The van der Waals surface area contributed by atoms with E-state index in [2.05, 4.69) is 5.16 Å². The van der Waals surface area contributed by atoms with Crippen LogP contribution in [-0.2, 0) is 24.1 Å². The molecule has 4 rings (SSSR count). The number of anilines is 1. The molecule has 0 saturated heterocycles. The summed E-state index contributed by atoms with van der Waals surface area (Å²) in [5, 5.41) is 3.99. The third-order valence-corrected chi connectivity index (χ3v) is 4.68. The van der Waals surface area contributed by atoms with Gasteiger partial charge in [-0.15, -0.1) is 0 Å². The summed E-state index contributed by atoms with van der Waals surface area (Å²) >= 11 is 0. The van der Waals surface area contributed by atoms with E-state index in [-0.39, 0.29) is 5.91 Å². The summed E-state index contributed by atoms with van der Waals surface area (Å²) < 4.78 is 5.34. The highest BCUT2D eigenvalue weighted by Gasteiger charge is 2.39. The Labute approximate surface area is 133 Å². The predicted octanol–water partition coefficient (Wildman–Crippen LogP) is 1.61. The summed E-state index contributed by atoms with van der Waals surface area (Å²) in [5.74, 6) is -0.0136. The minimum atomic E-state index is -0.671. The Kier molecular flexibility index (Phi) is 3.18. The van der Waals surface area contributed by atoms with Crippen molar-refractivity contribution in [1.82, 2.24) is 5.16 Å². The molecule has 2 amide bonds. The first kappa shape index (κ1) is 14.0. The number of para-hydroxylation sites is 1. The first-order valence-electron chi connectivity index (χ1n) is 7.85. The highest BCUT2D eigenvalue weighted by molar-refractivity contribution is 6.11. The molecule has 1 aliphatic carbocycles. The van der Waals surface area contributed by atoms with Gasteiger partial charge in [-0.3, -0.25) is 14.5 Å². The number of benzene rings is 1. The van der Waals surface area contributed by atoms with Crippen LogP contribution in [-0.4, -0.2) is 23.0 Å². The van der Waals surface area contributed by atoms with Crippen molar-refractivity contribution in [3.05, 3.63) is 46.8 Å². The molecular weight excluding hydrogens is 294 g/mol. The normalized spacial score (nSPS) is 19.3. The molecular formula is C17H17N3O3. The number of amides is 2. The van der Waals surface area contributed by atoms with Crippen LogP contribution in [0.5, 0.6) is 0 Å². The van der Waals surface area contributed by atoms with Crippen LogP contribution < -0.4 is 10.6 Å². The van der Waals surface area contributed by atoms with Gasteiger partial charge in [0.2, 0.25) is 5.91 Å².